The number of anilines is 1. The normalized spacial score (nSPS) is 9.78. The lowest BCUT2D eigenvalue weighted by Crippen LogP contribution is -2.19. The minimum atomic E-state index is -0.670. The predicted octanol–water partition coefficient (Wildman–Crippen LogP) is 0.928. The van der Waals surface area contributed by atoms with Crippen molar-refractivity contribution >= 4 is 11.6 Å². The van der Waals surface area contributed by atoms with Crippen LogP contribution in [-0.2, 0) is 11.3 Å². The van der Waals surface area contributed by atoms with Crippen molar-refractivity contribution in [2.45, 2.75) is 6.54 Å². The molecule has 0 aliphatic heterocycles. The quantitative estimate of drug-likeness (QED) is 0.871. The van der Waals surface area contributed by atoms with Gasteiger partial charge in [-0.1, -0.05) is 6.07 Å². The van der Waals surface area contributed by atoms with Crippen LogP contribution in [0.5, 0.6) is 0 Å². The molecule has 2 rings (SSSR count). The molecule has 18 heavy (non-hydrogen) atoms. The first-order chi connectivity index (χ1) is 8.70. The lowest BCUT2D eigenvalue weighted by molar-refractivity contribution is -0.116. The fourth-order valence-corrected chi connectivity index (χ4v) is 1.39. The Morgan fingerprint density at radius 1 is 1.56 bits per heavy atom. The van der Waals surface area contributed by atoms with Gasteiger partial charge in [-0.05, 0) is 12.1 Å². The first-order valence-electron chi connectivity index (χ1n) is 5.01. The average Bonchev–Trinajstić information content (AvgIpc) is 2.82. The molecule has 0 saturated heterocycles. The summed E-state index contributed by atoms with van der Waals surface area (Å²) in [6, 6.07) is 5.74. The van der Waals surface area contributed by atoms with Crippen molar-refractivity contribution in [3.63, 3.8) is 0 Å². The third-order valence-electron chi connectivity index (χ3n) is 2.17. The van der Waals surface area contributed by atoms with Crippen LogP contribution in [0.1, 0.15) is 5.56 Å². The van der Waals surface area contributed by atoms with Gasteiger partial charge >= 0.3 is 0 Å². The van der Waals surface area contributed by atoms with Crippen LogP contribution < -0.4 is 5.32 Å². The molecule has 7 heteroatoms. The summed E-state index contributed by atoms with van der Waals surface area (Å²) in [5, 5.41) is 15.0. The molecular weight excluding hydrogens is 237 g/mol. The molecule has 0 unspecified atom stereocenters. The number of hydrogen-bond donors (Lipinski definition) is 1. The van der Waals surface area contributed by atoms with Gasteiger partial charge in [-0.25, -0.2) is 14.1 Å². The van der Waals surface area contributed by atoms with Crippen LogP contribution in [0.3, 0.4) is 0 Å². The third kappa shape index (κ3) is 2.49. The molecule has 0 saturated carbocycles. The Bertz CT molecular complexity index is 602. The van der Waals surface area contributed by atoms with E-state index in [1.54, 1.807) is 6.07 Å². The van der Waals surface area contributed by atoms with Gasteiger partial charge in [0.2, 0.25) is 5.91 Å². The van der Waals surface area contributed by atoms with Gasteiger partial charge in [0.15, 0.2) is 0 Å². The topological polar surface area (TPSA) is 83.6 Å². The number of benzene rings is 1. The van der Waals surface area contributed by atoms with Crippen molar-refractivity contribution in [3.8, 4) is 6.07 Å². The highest BCUT2D eigenvalue weighted by Gasteiger charge is 2.11. The number of nitrogens with one attached hydrogen (secondary N) is 1. The molecule has 0 atom stereocenters. The van der Waals surface area contributed by atoms with Gasteiger partial charge in [0.25, 0.3) is 0 Å². The van der Waals surface area contributed by atoms with E-state index in [4.69, 9.17) is 5.26 Å². The molecule has 0 aliphatic rings. The number of hydrogen-bond acceptors (Lipinski definition) is 4. The van der Waals surface area contributed by atoms with Gasteiger partial charge in [0.1, 0.15) is 36.6 Å². The molecule has 0 fully saturated rings. The van der Waals surface area contributed by atoms with Gasteiger partial charge in [-0.3, -0.25) is 4.79 Å². The monoisotopic (exact) mass is 245 g/mol. The summed E-state index contributed by atoms with van der Waals surface area (Å²) in [6.45, 7) is -0.0542. The predicted molar refractivity (Wildman–Crippen MR) is 59.8 cm³/mol. The van der Waals surface area contributed by atoms with Crippen molar-refractivity contribution in [3.05, 3.63) is 42.2 Å². The second kappa shape index (κ2) is 5.05. The SMILES string of the molecule is N#Cc1c(F)cccc1NC(=O)Cn1cncn1. The Labute approximate surface area is 102 Å². The number of halogens is 1. The highest BCUT2D eigenvalue weighted by molar-refractivity contribution is 5.91. The summed E-state index contributed by atoms with van der Waals surface area (Å²) >= 11 is 0. The number of carbonyl (C=O) groups excluding carboxylic acids is 1. The van der Waals surface area contributed by atoms with Crippen molar-refractivity contribution in [1.29, 1.82) is 5.26 Å². The van der Waals surface area contributed by atoms with Crippen molar-refractivity contribution in [2.24, 2.45) is 0 Å². The largest absolute Gasteiger partial charge is 0.323 e. The lowest BCUT2D eigenvalue weighted by atomic mass is 10.2. The number of amides is 1. The number of rotatable bonds is 3. The first kappa shape index (κ1) is 11.7. The number of nitrogens with zero attached hydrogens (tertiary/aromatic N) is 4. The van der Waals surface area contributed by atoms with Crippen LogP contribution in [0.15, 0.2) is 30.9 Å². The van der Waals surface area contributed by atoms with E-state index in [-0.39, 0.29) is 17.8 Å². The van der Waals surface area contributed by atoms with E-state index < -0.39 is 11.7 Å². The average molecular weight is 245 g/mol. The van der Waals surface area contributed by atoms with E-state index in [2.05, 4.69) is 15.4 Å². The second-order valence-corrected chi connectivity index (χ2v) is 3.42. The molecule has 0 radical (unpaired) electrons. The number of nitriles is 1. The van der Waals surface area contributed by atoms with Crippen LogP contribution in [-0.4, -0.2) is 20.7 Å². The van der Waals surface area contributed by atoms with Crippen LogP contribution >= 0.6 is 0 Å². The molecule has 1 heterocycles. The Hall–Kier alpha value is -2.75. The van der Waals surface area contributed by atoms with E-state index in [0.717, 1.165) is 6.07 Å². The minimum absolute atomic E-state index is 0.0542. The smallest absolute Gasteiger partial charge is 0.246 e. The minimum Gasteiger partial charge on any atom is -0.323 e. The fraction of sp³-hybridized carbons (Fsp3) is 0.0909. The summed E-state index contributed by atoms with van der Waals surface area (Å²) < 4.78 is 14.6. The van der Waals surface area contributed by atoms with Crippen LogP contribution in [0.25, 0.3) is 0 Å². The van der Waals surface area contributed by atoms with Gasteiger partial charge < -0.3 is 5.32 Å². The van der Waals surface area contributed by atoms with Crippen molar-refractivity contribution < 1.29 is 9.18 Å². The Morgan fingerprint density at radius 3 is 3.06 bits per heavy atom. The Balaban J connectivity index is 2.13. The molecule has 2 aromatic rings. The van der Waals surface area contributed by atoms with E-state index in [1.165, 1.54) is 29.5 Å². The maximum Gasteiger partial charge on any atom is 0.246 e. The molecule has 0 spiro atoms. The van der Waals surface area contributed by atoms with Crippen molar-refractivity contribution in [1.82, 2.24) is 14.8 Å². The van der Waals surface area contributed by atoms with Crippen LogP contribution in [0.2, 0.25) is 0 Å². The molecule has 0 aliphatic carbocycles. The molecule has 90 valence electrons. The molecular formula is C11H8FN5O. The third-order valence-corrected chi connectivity index (χ3v) is 2.17. The van der Waals surface area contributed by atoms with Gasteiger partial charge in [-0.2, -0.15) is 10.4 Å². The van der Waals surface area contributed by atoms with E-state index >= 15 is 0 Å². The maximum atomic E-state index is 13.3. The van der Waals surface area contributed by atoms with Crippen molar-refractivity contribution in [2.75, 3.05) is 5.32 Å². The van der Waals surface area contributed by atoms with E-state index in [1.807, 2.05) is 0 Å². The summed E-state index contributed by atoms with van der Waals surface area (Å²) in [4.78, 5) is 15.3. The second-order valence-electron chi connectivity index (χ2n) is 3.42. The zero-order valence-electron chi connectivity index (χ0n) is 9.17. The zero-order valence-corrected chi connectivity index (χ0v) is 9.17. The Morgan fingerprint density at radius 2 is 2.39 bits per heavy atom. The summed E-state index contributed by atoms with van der Waals surface area (Å²) in [6.07, 6.45) is 2.69. The summed E-state index contributed by atoms with van der Waals surface area (Å²) in [5.74, 6) is -1.08. The molecule has 1 N–H and O–H groups in total. The van der Waals surface area contributed by atoms with Crippen LogP contribution in [0, 0.1) is 17.1 Å². The zero-order chi connectivity index (χ0) is 13.0. The molecule has 1 aromatic carbocycles. The molecule has 6 nitrogen and oxygen atoms in total. The number of carbonyl (C=O) groups is 1. The maximum absolute atomic E-state index is 13.3. The standard InChI is InChI=1S/C11H8FN5O/c12-9-2-1-3-10(8(9)4-13)16-11(18)5-17-7-14-6-15-17/h1-3,6-7H,5H2,(H,16,18). The number of aromatic nitrogens is 3. The highest BCUT2D eigenvalue weighted by Crippen LogP contribution is 2.17. The summed E-state index contributed by atoms with van der Waals surface area (Å²) in [5.41, 5.74) is -0.0490. The van der Waals surface area contributed by atoms with E-state index in [0.29, 0.717) is 0 Å². The fourth-order valence-electron chi connectivity index (χ4n) is 1.39. The van der Waals surface area contributed by atoms with Gasteiger partial charge in [-0.15, -0.1) is 0 Å². The first-order valence-corrected chi connectivity index (χ1v) is 5.01. The molecule has 0 bridgehead atoms. The van der Waals surface area contributed by atoms with E-state index in [9.17, 15) is 9.18 Å². The Kier molecular flexibility index (Phi) is 3.29. The van der Waals surface area contributed by atoms with Gasteiger partial charge in [0.05, 0.1) is 5.69 Å². The molecule has 1 aromatic heterocycles. The molecule has 1 amide bonds. The van der Waals surface area contributed by atoms with Gasteiger partial charge in [0, 0.05) is 0 Å². The highest BCUT2D eigenvalue weighted by atomic mass is 19.1. The van der Waals surface area contributed by atoms with Crippen LogP contribution in [0.4, 0.5) is 10.1 Å². The summed E-state index contributed by atoms with van der Waals surface area (Å²) in [7, 11) is 0. The lowest BCUT2D eigenvalue weighted by Gasteiger charge is -2.07.